The lowest BCUT2D eigenvalue weighted by Gasteiger charge is -2.33. The van der Waals surface area contributed by atoms with Crippen molar-refractivity contribution in [1.82, 2.24) is 10.2 Å². The molecule has 1 saturated carbocycles. The molecule has 2 amide bonds. The molecule has 0 aliphatic heterocycles. The summed E-state index contributed by atoms with van der Waals surface area (Å²) in [4.78, 5) is 29.1. The van der Waals surface area contributed by atoms with E-state index in [0.717, 1.165) is 52.2 Å². The molecule has 0 unspecified atom stereocenters. The van der Waals surface area contributed by atoms with Gasteiger partial charge in [-0.15, -0.1) is 0 Å². The summed E-state index contributed by atoms with van der Waals surface area (Å²) in [6, 6.07) is 20.8. The first-order valence-corrected chi connectivity index (χ1v) is 15.8. The average Bonchev–Trinajstić information content (AvgIpc) is 2.96. The third-order valence-corrected chi connectivity index (χ3v) is 9.59. The quantitative estimate of drug-likeness (QED) is 0.337. The van der Waals surface area contributed by atoms with Crippen molar-refractivity contribution < 1.29 is 18.0 Å². The number of nitrogens with one attached hydrogen (secondary N) is 1. The lowest BCUT2D eigenvalue weighted by molar-refractivity contribution is -0.139. The molecular weight excluding hydrogens is 534 g/mol. The highest BCUT2D eigenvalue weighted by molar-refractivity contribution is 7.92. The molecule has 0 bridgehead atoms. The monoisotopic (exact) mass is 575 g/mol. The molecule has 1 aliphatic carbocycles. The Hall–Kier alpha value is -3.65. The highest BCUT2D eigenvalue weighted by Gasteiger charge is 2.33. The number of anilines is 1. The normalized spacial score (nSPS) is 14.7. The van der Waals surface area contributed by atoms with E-state index in [4.69, 9.17) is 0 Å². The fourth-order valence-corrected chi connectivity index (χ4v) is 6.53. The summed E-state index contributed by atoms with van der Waals surface area (Å²) < 4.78 is 29.0. The van der Waals surface area contributed by atoms with Gasteiger partial charge in [0, 0.05) is 12.6 Å². The largest absolute Gasteiger partial charge is 0.352 e. The van der Waals surface area contributed by atoms with E-state index in [2.05, 4.69) is 5.32 Å². The Labute approximate surface area is 244 Å². The van der Waals surface area contributed by atoms with Crippen LogP contribution in [-0.2, 0) is 26.2 Å². The summed E-state index contributed by atoms with van der Waals surface area (Å²) in [7, 11) is -4.07. The van der Waals surface area contributed by atoms with Crippen LogP contribution in [0.15, 0.2) is 77.7 Å². The molecule has 1 aliphatic rings. The molecule has 1 fully saturated rings. The first-order valence-electron chi connectivity index (χ1n) is 14.4. The maximum atomic E-state index is 14.1. The lowest BCUT2D eigenvalue weighted by atomic mass is 9.95. The van der Waals surface area contributed by atoms with Gasteiger partial charge in [-0.1, -0.05) is 84.5 Å². The van der Waals surface area contributed by atoms with Gasteiger partial charge in [-0.25, -0.2) is 8.42 Å². The molecule has 0 radical (unpaired) electrons. The average molecular weight is 576 g/mol. The van der Waals surface area contributed by atoms with E-state index in [1.54, 1.807) is 43.3 Å². The first-order chi connectivity index (χ1) is 19.5. The molecule has 0 heterocycles. The molecule has 7 nitrogen and oxygen atoms in total. The van der Waals surface area contributed by atoms with Crippen molar-refractivity contribution in [3.05, 3.63) is 95.1 Å². The molecule has 218 valence electrons. The minimum absolute atomic E-state index is 0.0981. The number of benzene rings is 3. The third kappa shape index (κ3) is 7.76. The van der Waals surface area contributed by atoms with Crippen molar-refractivity contribution in [1.29, 1.82) is 0 Å². The molecule has 1 atom stereocenters. The van der Waals surface area contributed by atoms with Crippen LogP contribution in [0.4, 0.5) is 5.69 Å². The van der Waals surface area contributed by atoms with Gasteiger partial charge in [-0.3, -0.25) is 13.9 Å². The highest BCUT2D eigenvalue weighted by atomic mass is 32.2. The number of carbonyl (C=O) groups excluding carboxylic acids is 2. The Morgan fingerprint density at radius 3 is 1.88 bits per heavy atom. The number of hydrogen-bond acceptors (Lipinski definition) is 4. The second-order valence-electron chi connectivity index (χ2n) is 11.2. The van der Waals surface area contributed by atoms with Crippen LogP contribution in [0.1, 0.15) is 61.3 Å². The summed E-state index contributed by atoms with van der Waals surface area (Å²) in [6.45, 7) is 7.26. The van der Waals surface area contributed by atoms with Crippen molar-refractivity contribution >= 4 is 27.5 Å². The van der Waals surface area contributed by atoms with E-state index < -0.39 is 28.5 Å². The van der Waals surface area contributed by atoms with Gasteiger partial charge < -0.3 is 10.2 Å². The standard InChI is InChI=1S/C33H41N3O4S/c1-24-10-16-28(17-11-24)22-35(27(4)33(38)34-29-8-6-5-7-9-29)32(37)23-36(30-18-12-25(2)13-19-30)41(39,40)31-20-14-26(3)15-21-31/h10-21,27,29H,5-9,22-23H2,1-4H3,(H,34,38)/t27-/m1/s1. The second kappa shape index (κ2) is 13.3. The van der Waals surface area contributed by atoms with Crippen LogP contribution in [0, 0.1) is 20.8 Å². The van der Waals surface area contributed by atoms with Crippen molar-refractivity contribution in [2.45, 2.75) is 83.3 Å². The minimum Gasteiger partial charge on any atom is -0.352 e. The summed E-state index contributed by atoms with van der Waals surface area (Å²) in [5.74, 6) is -0.672. The molecule has 3 aromatic rings. The molecular formula is C33H41N3O4S. The van der Waals surface area contributed by atoms with Gasteiger partial charge in [0.2, 0.25) is 11.8 Å². The van der Waals surface area contributed by atoms with E-state index in [9.17, 15) is 18.0 Å². The highest BCUT2D eigenvalue weighted by Crippen LogP contribution is 2.25. The number of rotatable bonds is 10. The Balaban J connectivity index is 1.66. The fraction of sp³-hybridized carbons (Fsp3) is 0.394. The lowest BCUT2D eigenvalue weighted by Crippen LogP contribution is -2.53. The van der Waals surface area contributed by atoms with E-state index in [1.807, 2.05) is 57.2 Å². The SMILES string of the molecule is Cc1ccc(CN(C(=O)CN(c2ccc(C)cc2)S(=O)(=O)c2ccc(C)cc2)[C@H](C)C(=O)NC2CCCCC2)cc1. The Bertz CT molecular complexity index is 1430. The third-order valence-electron chi connectivity index (χ3n) is 7.80. The number of aryl methyl sites for hydroxylation is 3. The van der Waals surface area contributed by atoms with Gasteiger partial charge in [-0.05, 0) is 70.4 Å². The molecule has 0 aromatic heterocycles. The number of sulfonamides is 1. The van der Waals surface area contributed by atoms with Crippen LogP contribution in [0.2, 0.25) is 0 Å². The zero-order chi connectivity index (χ0) is 29.6. The zero-order valence-electron chi connectivity index (χ0n) is 24.5. The molecule has 0 saturated heterocycles. The Kier molecular flexibility index (Phi) is 9.86. The predicted octanol–water partition coefficient (Wildman–Crippen LogP) is 5.67. The van der Waals surface area contributed by atoms with Crippen LogP contribution in [-0.4, -0.2) is 43.8 Å². The van der Waals surface area contributed by atoms with Gasteiger partial charge in [0.1, 0.15) is 12.6 Å². The molecule has 8 heteroatoms. The number of hydrogen-bond donors (Lipinski definition) is 1. The van der Waals surface area contributed by atoms with Crippen molar-refractivity contribution in [2.75, 3.05) is 10.8 Å². The van der Waals surface area contributed by atoms with Crippen LogP contribution < -0.4 is 9.62 Å². The van der Waals surface area contributed by atoms with Gasteiger partial charge in [0.15, 0.2) is 0 Å². The first kappa shape index (κ1) is 30.3. The Morgan fingerprint density at radius 1 is 0.805 bits per heavy atom. The van der Waals surface area contributed by atoms with Crippen molar-refractivity contribution in [2.24, 2.45) is 0 Å². The smallest absolute Gasteiger partial charge is 0.264 e. The van der Waals surface area contributed by atoms with Crippen LogP contribution in [0.25, 0.3) is 0 Å². The molecule has 3 aromatic carbocycles. The molecule has 41 heavy (non-hydrogen) atoms. The number of nitrogens with zero attached hydrogens (tertiary/aromatic N) is 2. The summed E-state index contributed by atoms with van der Waals surface area (Å²) in [6.07, 6.45) is 5.19. The van der Waals surface area contributed by atoms with E-state index >= 15 is 0 Å². The topological polar surface area (TPSA) is 86.8 Å². The fourth-order valence-electron chi connectivity index (χ4n) is 5.12. The van der Waals surface area contributed by atoms with Crippen LogP contribution in [0.5, 0.6) is 0 Å². The predicted molar refractivity (Wildman–Crippen MR) is 163 cm³/mol. The maximum absolute atomic E-state index is 14.1. The van der Waals surface area contributed by atoms with E-state index in [-0.39, 0.29) is 23.4 Å². The number of amides is 2. The van der Waals surface area contributed by atoms with Gasteiger partial charge in [0.25, 0.3) is 10.0 Å². The van der Waals surface area contributed by atoms with Crippen LogP contribution >= 0.6 is 0 Å². The zero-order valence-corrected chi connectivity index (χ0v) is 25.3. The van der Waals surface area contributed by atoms with Gasteiger partial charge in [-0.2, -0.15) is 0 Å². The van der Waals surface area contributed by atoms with Crippen LogP contribution in [0.3, 0.4) is 0 Å². The van der Waals surface area contributed by atoms with Crippen molar-refractivity contribution in [3.8, 4) is 0 Å². The molecule has 1 N–H and O–H groups in total. The summed E-state index contributed by atoms with van der Waals surface area (Å²) in [5, 5.41) is 3.14. The molecule has 4 rings (SSSR count). The maximum Gasteiger partial charge on any atom is 0.264 e. The molecule has 0 spiro atoms. The van der Waals surface area contributed by atoms with Gasteiger partial charge in [0.05, 0.1) is 10.6 Å². The van der Waals surface area contributed by atoms with E-state index in [0.29, 0.717) is 5.69 Å². The summed E-state index contributed by atoms with van der Waals surface area (Å²) >= 11 is 0. The van der Waals surface area contributed by atoms with Gasteiger partial charge >= 0.3 is 0 Å². The number of carbonyl (C=O) groups is 2. The second-order valence-corrected chi connectivity index (χ2v) is 13.0. The minimum atomic E-state index is -4.07. The Morgan fingerprint density at radius 2 is 1.32 bits per heavy atom. The van der Waals surface area contributed by atoms with Crippen molar-refractivity contribution in [3.63, 3.8) is 0 Å². The summed E-state index contributed by atoms with van der Waals surface area (Å²) in [5.41, 5.74) is 4.25. The van der Waals surface area contributed by atoms with E-state index in [1.165, 1.54) is 11.3 Å².